The number of fused-ring (bicyclic) bond motifs is 1. The van der Waals surface area contributed by atoms with E-state index in [1.165, 1.54) is 0 Å². The summed E-state index contributed by atoms with van der Waals surface area (Å²) in [4.78, 5) is 23.1. The molecule has 1 aliphatic heterocycles. The lowest BCUT2D eigenvalue weighted by molar-refractivity contribution is -0.146. The quantitative estimate of drug-likeness (QED) is 0.265. The molecule has 0 radical (unpaired) electrons. The second kappa shape index (κ2) is 12.3. The van der Waals surface area contributed by atoms with Crippen LogP contribution in [-0.4, -0.2) is 63.6 Å². The molecule has 0 saturated carbocycles. The van der Waals surface area contributed by atoms with Gasteiger partial charge in [0.1, 0.15) is 5.75 Å². The number of ether oxygens (including phenoxy) is 1. The highest BCUT2D eigenvalue weighted by atomic mass is 32.2. The van der Waals surface area contributed by atoms with E-state index >= 15 is 0 Å². The zero-order chi connectivity index (χ0) is 24.6. The molecule has 0 spiro atoms. The minimum atomic E-state index is -0.746. The van der Waals surface area contributed by atoms with E-state index in [0.717, 1.165) is 52.5 Å². The molecule has 0 aliphatic carbocycles. The zero-order valence-electron chi connectivity index (χ0n) is 19.8. The maximum absolute atomic E-state index is 12.1. The van der Waals surface area contributed by atoms with Gasteiger partial charge in [0.15, 0.2) is 0 Å². The third-order valence-electron chi connectivity index (χ3n) is 6.79. The normalized spacial score (nSPS) is 19.5. The number of nitrogens with zero attached hydrogens (tertiary/aromatic N) is 3. The monoisotopic (exact) mass is 496 g/mol. The molecule has 3 heterocycles. The molecular formula is C26H32N4O4S. The summed E-state index contributed by atoms with van der Waals surface area (Å²) in [5.74, 6) is 0.499. The Morgan fingerprint density at radius 3 is 2.89 bits per heavy atom. The van der Waals surface area contributed by atoms with E-state index in [1.807, 2.05) is 42.5 Å². The van der Waals surface area contributed by atoms with Crippen molar-refractivity contribution in [1.29, 1.82) is 0 Å². The molecule has 1 fully saturated rings. The average molecular weight is 497 g/mol. The molecule has 3 aromatic rings. The molecule has 8 nitrogen and oxygen atoms in total. The molecule has 4 rings (SSSR count). The largest absolute Gasteiger partial charge is 0.497 e. The van der Waals surface area contributed by atoms with Crippen molar-refractivity contribution in [2.45, 2.75) is 30.3 Å². The fourth-order valence-corrected chi connectivity index (χ4v) is 5.72. The summed E-state index contributed by atoms with van der Waals surface area (Å²) in [6.07, 6.45) is 5.68. The van der Waals surface area contributed by atoms with Gasteiger partial charge in [-0.1, -0.05) is 6.07 Å². The van der Waals surface area contributed by atoms with Crippen LogP contribution >= 0.6 is 11.8 Å². The van der Waals surface area contributed by atoms with Crippen molar-refractivity contribution < 1.29 is 19.8 Å². The minimum absolute atomic E-state index is 0.0608. The third-order valence-corrected chi connectivity index (χ3v) is 7.72. The highest BCUT2D eigenvalue weighted by Gasteiger charge is 2.34. The number of carboxylic acids is 1. The first-order valence-corrected chi connectivity index (χ1v) is 12.9. The van der Waals surface area contributed by atoms with Gasteiger partial charge in [-0.15, -0.1) is 11.8 Å². The number of methoxy groups -OCH3 is 1. The van der Waals surface area contributed by atoms with Crippen LogP contribution < -0.4 is 10.2 Å². The number of carbonyl (C=O) groups is 1. The van der Waals surface area contributed by atoms with Gasteiger partial charge < -0.3 is 20.0 Å². The Balaban J connectivity index is 1.37. The van der Waals surface area contributed by atoms with Gasteiger partial charge in [-0.05, 0) is 73.7 Å². The molecule has 1 aliphatic rings. The number of piperidine rings is 1. The number of aromatic nitrogens is 2. The molecule has 1 saturated heterocycles. The maximum Gasteiger partial charge on any atom is 0.308 e. The number of nitrogens with one attached hydrogen (secondary N) is 1. The lowest BCUT2D eigenvalue weighted by Gasteiger charge is -2.37. The summed E-state index contributed by atoms with van der Waals surface area (Å²) in [5.41, 5.74) is 4.20. The number of likely N-dealkylation sites (tertiary alicyclic amines) is 1. The predicted molar refractivity (Wildman–Crippen MR) is 136 cm³/mol. The lowest BCUT2D eigenvalue weighted by Crippen LogP contribution is -2.44. The van der Waals surface area contributed by atoms with Crippen LogP contribution in [0.25, 0.3) is 10.9 Å². The summed E-state index contributed by atoms with van der Waals surface area (Å²) in [5, 5.41) is 21.8. The van der Waals surface area contributed by atoms with Crippen molar-refractivity contribution >= 4 is 28.6 Å². The smallest absolute Gasteiger partial charge is 0.308 e. The van der Waals surface area contributed by atoms with Crippen LogP contribution in [0.15, 0.2) is 59.9 Å². The Kier molecular flexibility index (Phi) is 8.92. The summed E-state index contributed by atoms with van der Waals surface area (Å²) < 4.78 is 5.36. The van der Waals surface area contributed by atoms with Crippen molar-refractivity contribution in [1.82, 2.24) is 20.3 Å². The van der Waals surface area contributed by atoms with Gasteiger partial charge in [0, 0.05) is 36.6 Å². The molecule has 0 amide bonds. The van der Waals surface area contributed by atoms with Crippen LogP contribution in [0.4, 0.5) is 0 Å². The fraction of sp³-hybridized carbons (Fsp3) is 0.423. The molecule has 35 heavy (non-hydrogen) atoms. The van der Waals surface area contributed by atoms with Crippen molar-refractivity contribution in [2.24, 2.45) is 11.8 Å². The van der Waals surface area contributed by atoms with Crippen molar-refractivity contribution in [3.63, 3.8) is 0 Å². The van der Waals surface area contributed by atoms with Crippen LogP contribution in [0.2, 0.25) is 0 Å². The van der Waals surface area contributed by atoms with Gasteiger partial charge in [0.05, 0.1) is 29.6 Å². The highest BCUT2D eigenvalue weighted by Crippen LogP contribution is 2.34. The fourth-order valence-electron chi connectivity index (χ4n) is 4.86. The molecule has 0 unspecified atom stereocenters. The number of hydrogen-bond acceptors (Lipinski definition) is 8. The third kappa shape index (κ3) is 6.49. The summed E-state index contributed by atoms with van der Waals surface area (Å²) in [6, 6.07) is 13.1. The molecule has 0 bridgehead atoms. The van der Waals surface area contributed by atoms with Crippen LogP contribution in [0.3, 0.4) is 0 Å². The number of rotatable bonds is 11. The highest BCUT2D eigenvalue weighted by molar-refractivity contribution is 7.99. The average Bonchev–Trinajstić information content (AvgIpc) is 2.89. The molecule has 9 heteroatoms. The number of aliphatic carboxylic acids is 1. The van der Waals surface area contributed by atoms with Gasteiger partial charge in [-0.2, -0.15) is 5.48 Å². The van der Waals surface area contributed by atoms with Crippen LogP contribution in [-0.2, 0) is 4.79 Å². The standard InChI is InChI=1S/C26H32N4O4S/c1-34-19-6-8-23-21(16-19)20(9-12-27-23)24(29-33)7-5-18-10-13-30(17-22(18)26(31)32)14-15-35-25-4-2-3-11-28-25/h2-4,6,8-9,11-12,16,18,22,24,29,33H,5,7,10,13-15,17H2,1H3,(H,31,32)/t18-,22+,24+/m1/s1. The Morgan fingerprint density at radius 1 is 1.26 bits per heavy atom. The van der Waals surface area contributed by atoms with Crippen molar-refractivity contribution in [3.05, 3.63) is 60.4 Å². The first-order chi connectivity index (χ1) is 17.1. The Hall–Kier alpha value is -2.72. The van der Waals surface area contributed by atoms with Gasteiger partial charge in [-0.3, -0.25) is 9.78 Å². The second-order valence-electron chi connectivity index (χ2n) is 8.85. The van der Waals surface area contributed by atoms with Gasteiger partial charge >= 0.3 is 5.97 Å². The summed E-state index contributed by atoms with van der Waals surface area (Å²) in [7, 11) is 1.62. The summed E-state index contributed by atoms with van der Waals surface area (Å²) in [6.45, 7) is 2.27. The Labute approximate surface area is 209 Å². The topological polar surface area (TPSA) is 108 Å². The van der Waals surface area contributed by atoms with E-state index in [0.29, 0.717) is 19.4 Å². The second-order valence-corrected chi connectivity index (χ2v) is 9.97. The number of pyridine rings is 2. The van der Waals surface area contributed by atoms with Gasteiger partial charge in [0.2, 0.25) is 0 Å². The molecule has 3 N–H and O–H groups in total. The van der Waals surface area contributed by atoms with E-state index < -0.39 is 11.9 Å². The van der Waals surface area contributed by atoms with Gasteiger partial charge in [0.25, 0.3) is 0 Å². The first-order valence-electron chi connectivity index (χ1n) is 11.9. The Bertz CT molecular complexity index is 1120. The summed E-state index contributed by atoms with van der Waals surface area (Å²) >= 11 is 1.69. The molecule has 2 aromatic heterocycles. The van der Waals surface area contributed by atoms with Crippen LogP contribution in [0.1, 0.15) is 30.9 Å². The number of carboxylic acid groups (broad SMARTS) is 1. The molecule has 1 aromatic carbocycles. The van der Waals surface area contributed by atoms with Crippen molar-refractivity contribution in [3.8, 4) is 5.75 Å². The maximum atomic E-state index is 12.1. The number of benzene rings is 1. The Morgan fingerprint density at radius 2 is 2.14 bits per heavy atom. The zero-order valence-corrected chi connectivity index (χ0v) is 20.7. The number of thioether (sulfide) groups is 1. The van der Waals surface area contributed by atoms with Crippen molar-refractivity contribution in [2.75, 3.05) is 32.5 Å². The van der Waals surface area contributed by atoms with Crippen LogP contribution in [0.5, 0.6) is 5.75 Å². The molecule has 186 valence electrons. The van der Waals surface area contributed by atoms with E-state index in [-0.39, 0.29) is 12.0 Å². The minimum Gasteiger partial charge on any atom is -0.497 e. The van der Waals surface area contributed by atoms with E-state index in [4.69, 9.17) is 4.74 Å². The molecule has 3 atom stereocenters. The molecular weight excluding hydrogens is 464 g/mol. The number of hydrogen-bond donors (Lipinski definition) is 3. The first kappa shape index (κ1) is 25.4. The van der Waals surface area contributed by atoms with Gasteiger partial charge in [-0.25, -0.2) is 4.98 Å². The van der Waals surface area contributed by atoms with Crippen LogP contribution in [0, 0.1) is 11.8 Å². The van der Waals surface area contributed by atoms with E-state index in [2.05, 4.69) is 20.3 Å². The van der Waals surface area contributed by atoms with E-state index in [1.54, 1.807) is 31.3 Å². The lowest BCUT2D eigenvalue weighted by atomic mass is 9.81. The van der Waals surface area contributed by atoms with E-state index in [9.17, 15) is 15.1 Å². The number of hydroxylamine groups is 1. The SMILES string of the molecule is COc1ccc2nccc([C@H](CC[C@@H]3CCN(CCSc4ccccn4)C[C@@H]3C(=O)O)NO)c2c1. The predicted octanol–water partition coefficient (Wildman–Crippen LogP) is 4.25.